The van der Waals surface area contributed by atoms with Gasteiger partial charge in [-0.1, -0.05) is 37.3 Å². The number of allylic oxidation sites excluding steroid dienone is 2. The van der Waals surface area contributed by atoms with Gasteiger partial charge < -0.3 is 4.74 Å². The molecule has 2 aromatic rings. The summed E-state index contributed by atoms with van der Waals surface area (Å²) < 4.78 is 6.07. The molecule has 2 heteroatoms. The van der Waals surface area contributed by atoms with E-state index in [4.69, 9.17) is 9.73 Å². The van der Waals surface area contributed by atoms with Gasteiger partial charge in [0.15, 0.2) is 5.75 Å². The fourth-order valence-corrected chi connectivity index (χ4v) is 2.76. The molecule has 98 valence electrons. The number of aryl methyl sites for hydroxylation is 1. The third-order valence-electron chi connectivity index (χ3n) is 3.90. The van der Waals surface area contributed by atoms with E-state index in [-0.39, 0.29) is 0 Å². The van der Waals surface area contributed by atoms with Gasteiger partial charge in [-0.05, 0) is 42.2 Å². The SMILES string of the molecule is CCc1ccc2c(c1)OC1=CCc3ccccc3C1=N2. The maximum absolute atomic E-state index is 6.07. The van der Waals surface area contributed by atoms with Crippen LogP contribution in [-0.4, -0.2) is 5.71 Å². The number of hydrogen-bond donors (Lipinski definition) is 0. The third kappa shape index (κ3) is 1.68. The standard InChI is InChI=1S/C18H15NO/c1-2-12-7-9-15-17(11-12)20-16-10-8-13-5-3-4-6-14(13)18(16)19-15/h3-7,9-11H,2,8H2,1H3. The maximum Gasteiger partial charge on any atom is 0.153 e. The first-order chi connectivity index (χ1) is 9.85. The van der Waals surface area contributed by atoms with Gasteiger partial charge in [0.25, 0.3) is 0 Å². The molecular formula is C18H15NO. The van der Waals surface area contributed by atoms with Crippen LogP contribution in [0.5, 0.6) is 5.75 Å². The number of ether oxygens (including phenoxy) is 1. The molecule has 0 amide bonds. The highest BCUT2D eigenvalue weighted by atomic mass is 16.5. The van der Waals surface area contributed by atoms with Crippen molar-refractivity contribution in [3.8, 4) is 5.75 Å². The van der Waals surface area contributed by atoms with E-state index in [1.807, 2.05) is 0 Å². The first kappa shape index (κ1) is 11.5. The summed E-state index contributed by atoms with van der Waals surface area (Å²) in [6, 6.07) is 14.7. The zero-order chi connectivity index (χ0) is 13.5. The molecule has 20 heavy (non-hydrogen) atoms. The van der Waals surface area contributed by atoms with Crippen LogP contribution < -0.4 is 4.74 Å². The summed E-state index contributed by atoms with van der Waals surface area (Å²) in [7, 11) is 0. The van der Waals surface area contributed by atoms with E-state index < -0.39 is 0 Å². The minimum atomic E-state index is 0.874. The number of fused-ring (bicyclic) bond motifs is 4. The maximum atomic E-state index is 6.07. The van der Waals surface area contributed by atoms with E-state index in [0.717, 1.165) is 35.7 Å². The topological polar surface area (TPSA) is 21.6 Å². The Morgan fingerprint density at radius 1 is 1.15 bits per heavy atom. The second-order valence-corrected chi connectivity index (χ2v) is 5.15. The molecule has 0 saturated heterocycles. The molecule has 0 bridgehead atoms. The summed E-state index contributed by atoms with van der Waals surface area (Å²) in [5.41, 5.74) is 5.66. The summed E-state index contributed by atoms with van der Waals surface area (Å²) >= 11 is 0. The first-order valence-electron chi connectivity index (χ1n) is 7.03. The van der Waals surface area contributed by atoms with Gasteiger partial charge in [0.05, 0.1) is 0 Å². The molecule has 1 aliphatic heterocycles. The molecule has 0 spiro atoms. The zero-order valence-electron chi connectivity index (χ0n) is 11.4. The molecule has 0 radical (unpaired) electrons. The van der Waals surface area contributed by atoms with Crippen molar-refractivity contribution in [2.24, 2.45) is 4.99 Å². The summed E-state index contributed by atoms with van der Waals surface area (Å²) in [5, 5.41) is 0. The largest absolute Gasteiger partial charge is 0.453 e. The van der Waals surface area contributed by atoms with Crippen molar-refractivity contribution in [2.45, 2.75) is 19.8 Å². The Kier molecular flexibility index (Phi) is 2.49. The molecular weight excluding hydrogens is 246 g/mol. The van der Waals surface area contributed by atoms with Gasteiger partial charge in [0, 0.05) is 5.56 Å². The van der Waals surface area contributed by atoms with E-state index in [9.17, 15) is 0 Å². The van der Waals surface area contributed by atoms with E-state index in [1.54, 1.807) is 0 Å². The van der Waals surface area contributed by atoms with Gasteiger partial charge in [0.2, 0.25) is 0 Å². The molecule has 0 aromatic heterocycles. The van der Waals surface area contributed by atoms with Gasteiger partial charge in [-0.15, -0.1) is 0 Å². The van der Waals surface area contributed by atoms with Crippen molar-refractivity contribution < 1.29 is 4.74 Å². The van der Waals surface area contributed by atoms with Crippen LogP contribution in [0, 0.1) is 0 Å². The molecule has 0 N–H and O–H groups in total. The summed E-state index contributed by atoms with van der Waals surface area (Å²) in [5.74, 6) is 1.77. The lowest BCUT2D eigenvalue weighted by Crippen LogP contribution is -2.19. The lowest BCUT2D eigenvalue weighted by molar-refractivity contribution is 0.446. The van der Waals surface area contributed by atoms with Crippen molar-refractivity contribution >= 4 is 11.4 Å². The third-order valence-corrected chi connectivity index (χ3v) is 3.90. The van der Waals surface area contributed by atoms with Crippen LogP contribution in [0.1, 0.15) is 23.6 Å². The molecule has 1 heterocycles. The van der Waals surface area contributed by atoms with Gasteiger partial charge in [-0.2, -0.15) is 0 Å². The number of hydrogen-bond acceptors (Lipinski definition) is 2. The predicted octanol–water partition coefficient (Wildman–Crippen LogP) is 4.20. The van der Waals surface area contributed by atoms with Crippen molar-refractivity contribution in [1.82, 2.24) is 0 Å². The van der Waals surface area contributed by atoms with E-state index >= 15 is 0 Å². The Morgan fingerprint density at radius 3 is 2.95 bits per heavy atom. The number of aliphatic imine (C=N–C) groups is 1. The molecule has 0 fully saturated rings. The van der Waals surface area contributed by atoms with Crippen LogP contribution >= 0.6 is 0 Å². The van der Waals surface area contributed by atoms with Crippen LogP contribution in [0.2, 0.25) is 0 Å². The average Bonchev–Trinajstić information content (AvgIpc) is 2.52. The first-order valence-corrected chi connectivity index (χ1v) is 7.03. The lowest BCUT2D eigenvalue weighted by Gasteiger charge is -2.24. The molecule has 1 aliphatic carbocycles. The Balaban J connectivity index is 1.88. The summed E-state index contributed by atoms with van der Waals surface area (Å²) in [4.78, 5) is 4.81. The van der Waals surface area contributed by atoms with Crippen molar-refractivity contribution in [3.05, 3.63) is 71.0 Å². The number of rotatable bonds is 1. The Morgan fingerprint density at radius 2 is 2.05 bits per heavy atom. The van der Waals surface area contributed by atoms with Crippen LogP contribution in [-0.2, 0) is 12.8 Å². The van der Waals surface area contributed by atoms with Gasteiger partial charge in [-0.25, -0.2) is 4.99 Å². The molecule has 2 aromatic carbocycles. The fourth-order valence-electron chi connectivity index (χ4n) is 2.76. The van der Waals surface area contributed by atoms with E-state index in [1.165, 1.54) is 16.7 Å². The van der Waals surface area contributed by atoms with Gasteiger partial charge in [0.1, 0.15) is 17.2 Å². The quantitative estimate of drug-likeness (QED) is 0.753. The minimum absolute atomic E-state index is 0.874. The lowest BCUT2D eigenvalue weighted by atomic mass is 9.93. The van der Waals surface area contributed by atoms with Crippen molar-refractivity contribution in [2.75, 3.05) is 0 Å². The van der Waals surface area contributed by atoms with Crippen LogP contribution in [0.25, 0.3) is 0 Å². The highest BCUT2D eigenvalue weighted by Crippen LogP contribution is 2.38. The molecule has 2 aliphatic rings. The Labute approximate surface area is 118 Å². The van der Waals surface area contributed by atoms with Gasteiger partial charge >= 0.3 is 0 Å². The minimum Gasteiger partial charge on any atom is -0.453 e. The Hall–Kier alpha value is -2.35. The fraction of sp³-hybridized carbons (Fsp3) is 0.167. The number of nitrogens with zero attached hydrogens (tertiary/aromatic N) is 1. The molecule has 4 rings (SSSR count). The van der Waals surface area contributed by atoms with E-state index in [0.29, 0.717) is 0 Å². The Bertz CT molecular complexity index is 756. The van der Waals surface area contributed by atoms with Crippen LogP contribution in [0.15, 0.2) is 59.3 Å². The summed E-state index contributed by atoms with van der Waals surface area (Å²) in [6.07, 6.45) is 4.05. The van der Waals surface area contributed by atoms with E-state index in [2.05, 4.69) is 55.5 Å². The highest BCUT2D eigenvalue weighted by molar-refractivity contribution is 6.15. The number of benzene rings is 2. The van der Waals surface area contributed by atoms with Crippen LogP contribution in [0.3, 0.4) is 0 Å². The molecule has 2 nitrogen and oxygen atoms in total. The molecule has 0 saturated carbocycles. The molecule has 0 unspecified atom stereocenters. The smallest absolute Gasteiger partial charge is 0.153 e. The van der Waals surface area contributed by atoms with Crippen LogP contribution in [0.4, 0.5) is 5.69 Å². The predicted molar refractivity (Wildman–Crippen MR) is 80.9 cm³/mol. The van der Waals surface area contributed by atoms with Crippen molar-refractivity contribution in [1.29, 1.82) is 0 Å². The molecule has 0 atom stereocenters. The average molecular weight is 261 g/mol. The second kappa shape index (κ2) is 4.34. The highest BCUT2D eigenvalue weighted by Gasteiger charge is 2.24. The zero-order valence-corrected chi connectivity index (χ0v) is 11.4. The van der Waals surface area contributed by atoms with Crippen molar-refractivity contribution in [3.63, 3.8) is 0 Å². The summed E-state index contributed by atoms with van der Waals surface area (Å²) in [6.45, 7) is 2.15. The second-order valence-electron chi connectivity index (χ2n) is 5.15. The normalized spacial score (nSPS) is 15.2. The van der Waals surface area contributed by atoms with Gasteiger partial charge in [-0.3, -0.25) is 0 Å². The monoisotopic (exact) mass is 261 g/mol.